The van der Waals surface area contributed by atoms with Gasteiger partial charge in [-0.1, -0.05) is 6.08 Å². The van der Waals surface area contributed by atoms with Gasteiger partial charge < -0.3 is 4.90 Å². The molecule has 2 heteroatoms. The highest BCUT2D eigenvalue weighted by Gasteiger charge is 2.19. The minimum absolute atomic E-state index is 0.107. The second-order valence-corrected chi connectivity index (χ2v) is 2.82. The molecule has 1 aliphatic rings. The van der Waals surface area contributed by atoms with Crippen molar-refractivity contribution in [1.82, 2.24) is 4.90 Å². The van der Waals surface area contributed by atoms with Crippen LogP contribution in [-0.4, -0.2) is 18.0 Å². The molecule has 0 saturated heterocycles. The summed E-state index contributed by atoms with van der Waals surface area (Å²) in [5.74, 6) is 0. The first-order valence-corrected chi connectivity index (χ1v) is 3.97. The molecule has 0 amide bonds. The maximum Gasteiger partial charge on any atom is 0.145 e. The van der Waals surface area contributed by atoms with Gasteiger partial charge in [0.15, 0.2) is 0 Å². The van der Waals surface area contributed by atoms with Gasteiger partial charge >= 0.3 is 0 Å². The molecule has 0 radical (unpaired) electrons. The Hall–Kier alpha value is -1.45. The Morgan fingerprint density at radius 1 is 1.92 bits per heavy atom. The van der Waals surface area contributed by atoms with Gasteiger partial charge in [0, 0.05) is 18.8 Å². The van der Waals surface area contributed by atoms with Crippen LogP contribution in [0.2, 0.25) is 0 Å². The quantitative estimate of drug-likeness (QED) is 0.465. The number of rotatable bonds is 3. The fourth-order valence-corrected chi connectivity index (χ4v) is 1.22. The molecule has 1 unspecified atom stereocenters. The molecule has 1 rings (SSSR count). The molecular formula is C10H12N2. The van der Waals surface area contributed by atoms with Crippen LogP contribution in [0.1, 0.15) is 12.8 Å². The van der Waals surface area contributed by atoms with Crippen molar-refractivity contribution in [2.75, 3.05) is 7.05 Å². The predicted molar refractivity (Wildman–Crippen MR) is 48.2 cm³/mol. The second-order valence-electron chi connectivity index (χ2n) is 2.82. The van der Waals surface area contributed by atoms with Gasteiger partial charge in [0.25, 0.3) is 0 Å². The number of likely N-dealkylation sites (N-methyl/N-ethyl adjacent to an activating group) is 1. The van der Waals surface area contributed by atoms with Gasteiger partial charge in [-0.3, -0.25) is 0 Å². The second kappa shape index (κ2) is 3.80. The van der Waals surface area contributed by atoms with E-state index in [2.05, 4.69) is 18.4 Å². The molecule has 0 aromatic rings. The molecule has 0 fully saturated rings. The van der Waals surface area contributed by atoms with Crippen molar-refractivity contribution in [2.24, 2.45) is 0 Å². The van der Waals surface area contributed by atoms with Crippen molar-refractivity contribution in [1.29, 1.82) is 5.26 Å². The molecule has 0 bridgehead atoms. The van der Waals surface area contributed by atoms with Gasteiger partial charge in [0.2, 0.25) is 0 Å². The molecule has 2 nitrogen and oxygen atoms in total. The van der Waals surface area contributed by atoms with Crippen LogP contribution in [-0.2, 0) is 0 Å². The third-order valence-electron chi connectivity index (χ3n) is 1.93. The Bertz CT molecular complexity index is 277. The number of nitrogens with zero attached hydrogens (tertiary/aromatic N) is 2. The number of allylic oxidation sites excluding steroid dienone is 1. The summed E-state index contributed by atoms with van der Waals surface area (Å²) < 4.78 is 0. The van der Waals surface area contributed by atoms with Crippen molar-refractivity contribution < 1.29 is 0 Å². The summed E-state index contributed by atoms with van der Waals surface area (Å²) in [5, 5.41) is 8.81. The Morgan fingerprint density at radius 2 is 2.67 bits per heavy atom. The maximum absolute atomic E-state index is 8.81. The topological polar surface area (TPSA) is 27.0 Å². The summed E-state index contributed by atoms with van der Waals surface area (Å²) in [5.41, 5.74) is 4.16. The average Bonchev–Trinajstić information content (AvgIpc) is 2.43. The van der Waals surface area contributed by atoms with E-state index in [-0.39, 0.29) is 6.04 Å². The van der Waals surface area contributed by atoms with Crippen LogP contribution < -0.4 is 0 Å². The first-order valence-electron chi connectivity index (χ1n) is 3.97. The van der Waals surface area contributed by atoms with Crippen LogP contribution in [0, 0.1) is 11.3 Å². The van der Waals surface area contributed by atoms with Crippen molar-refractivity contribution in [3.8, 4) is 6.07 Å². The average molecular weight is 160 g/mol. The third kappa shape index (κ3) is 1.58. The molecule has 0 saturated carbocycles. The summed E-state index contributed by atoms with van der Waals surface area (Å²) in [6.45, 7) is 3.64. The van der Waals surface area contributed by atoms with Crippen LogP contribution >= 0.6 is 0 Å². The first kappa shape index (κ1) is 8.64. The van der Waals surface area contributed by atoms with E-state index in [1.54, 1.807) is 0 Å². The Morgan fingerprint density at radius 3 is 3.25 bits per heavy atom. The van der Waals surface area contributed by atoms with Crippen LogP contribution in [0.3, 0.4) is 0 Å². The fourth-order valence-electron chi connectivity index (χ4n) is 1.22. The lowest BCUT2D eigenvalue weighted by atomic mass is 10.1. The van der Waals surface area contributed by atoms with E-state index in [9.17, 15) is 0 Å². The monoisotopic (exact) mass is 160 g/mol. The molecule has 0 aromatic heterocycles. The minimum atomic E-state index is -0.107. The molecule has 12 heavy (non-hydrogen) atoms. The highest BCUT2D eigenvalue weighted by Crippen LogP contribution is 2.18. The molecular weight excluding hydrogens is 148 g/mol. The predicted octanol–water partition coefficient (Wildman–Crippen LogP) is 1.83. The van der Waals surface area contributed by atoms with E-state index < -0.39 is 0 Å². The highest BCUT2D eigenvalue weighted by atomic mass is 15.1. The van der Waals surface area contributed by atoms with E-state index in [0.717, 1.165) is 18.4 Å². The van der Waals surface area contributed by atoms with E-state index in [0.29, 0.717) is 0 Å². The van der Waals surface area contributed by atoms with Gasteiger partial charge in [-0.25, -0.2) is 0 Å². The largest absolute Gasteiger partial charge is 0.355 e. The molecule has 1 heterocycles. The van der Waals surface area contributed by atoms with Gasteiger partial charge in [0.05, 0.1) is 6.07 Å². The lowest BCUT2D eigenvalue weighted by Gasteiger charge is -2.15. The zero-order valence-electron chi connectivity index (χ0n) is 7.25. The van der Waals surface area contributed by atoms with Crippen LogP contribution in [0.15, 0.2) is 30.2 Å². The normalized spacial score (nSPS) is 20.5. The van der Waals surface area contributed by atoms with Crippen LogP contribution in [0.5, 0.6) is 0 Å². The zero-order valence-corrected chi connectivity index (χ0v) is 7.25. The van der Waals surface area contributed by atoms with Gasteiger partial charge in [0.1, 0.15) is 6.04 Å². The number of hydrogen-bond acceptors (Lipinski definition) is 2. The third-order valence-corrected chi connectivity index (χ3v) is 1.93. The Labute approximate surface area is 73.1 Å². The Kier molecular flexibility index (Phi) is 2.74. The van der Waals surface area contributed by atoms with Gasteiger partial charge in [-0.2, -0.15) is 5.26 Å². The standard InChI is InChI=1S/C10H12N2/c1-3-4-5-9-6-7-12(2)10(9)8-11/h3,7,10H,1,4-5H2,2H3. The first-order chi connectivity index (χ1) is 5.79. The summed E-state index contributed by atoms with van der Waals surface area (Å²) in [6.07, 6.45) is 5.50. The minimum Gasteiger partial charge on any atom is -0.355 e. The molecule has 0 aliphatic carbocycles. The van der Waals surface area contributed by atoms with Crippen molar-refractivity contribution in [3.05, 3.63) is 30.2 Å². The molecule has 1 atom stereocenters. The molecule has 62 valence electrons. The van der Waals surface area contributed by atoms with E-state index in [1.165, 1.54) is 0 Å². The molecule has 1 aliphatic heterocycles. The van der Waals surface area contributed by atoms with Gasteiger partial charge in [-0.05, 0) is 12.8 Å². The molecule has 0 spiro atoms. The Balaban J connectivity index is 2.60. The maximum atomic E-state index is 8.81. The summed E-state index contributed by atoms with van der Waals surface area (Å²) >= 11 is 0. The number of hydrogen-bond donors (Lipinski definition) is 0. The van der Waals surface area contributed by atoms with E-state index >= 15 is 0 Å². The summed E-state index contributed by atoms with van der Waals surface area (Å²) in [7, 11) is 1.89. The molecule has 0 N–H and O–H groups in total. The van der Waals surface area contributed by atoms with E-state index in [4.69, 9.17) is 5.26 Å². The fraction of sp³-hybridized carbons (Fsp3) is 0.400. The summed E-state index contributed by atoms with van der Waals surface area (Å²) in [4.78, 5) is 1.87. The van der Waals surface area contributed by atoms with Crippen molar-refractivity contribution >= 4 is 0 Å². The van der Waals surface area contributed by atoms with Gasteiger partial charge in [-0.15, -0.1) is 12.3 Å². The smallest absolute Gasteiger partial charge is 0.145 e. The van der Waals surface area contributed by atoms with E-state index in [1.807, 2.05) is 24.2 Å². The lowest BCUT2D eigenvalue weighted by molar-refractivity contribution is 0.441. The summed E-state index contributed by atoms with van der Waals surface area (Å²) in [6, 6.07) is 2.13. The SMILES string of the molecule is C=CCCC1=C=CN(C)C1C#N. The molecule has 0 aromatic carbocycles. The number of nitriles is 1. The zero-order chi connectivity index (χ0) is 8.97. The highest BCUT2D eigenvalue weighted by molar-refractivity contribution is 5.25. The lowest BCUT2D eigenvalue weighted by Crippen LogP contribution is -2.23. The van der Waals surface area contributed by atoms with Crippen LogP contribution in [0.4, 0.5) is 0 Å². The van der Waals surface area contributed by atoms with Crippen molar-refractivity contribution in [2.45, 2.75) is 18.9 Å². The van der Waals surface area contributed by atoms with Crippen molar-refractivity contribution in [3.63, 3.8) is 0 Å². The van der Waals surface area contributed by atoms with Crippen LogP contribution in [0.25, 0.3) is 0 Å².